The Morgan fingerprint density at radius 2 is 1.90 bits per heavy atom. The number of hydrogen-bond donors (Lipinski definition) is 1. The number of rotatable bonds is 4. The smallest absolute Gasteiger partial charge is 0.150 e. The summed E-state index contributed by atoms with van der Waals surface area (Å²) in [6.45, 7) is 1.84. The first-order valence-electron chi connectivity index (χ1n) is 7.24. The molecule has 0 saturated heterocycles. The van der Waals surface area contributed by atoms with E-state index in [-0.39, 0.29) is 11.2 Å². The molecule has 1 aromatic carbocycles. The van der Waals surface area contributed by atoms with Crippen molar-refractivity contribution < 1.29 is 13.5 Å². The van der Waals surface area contributed by atoms with Gasteiger partial charge in [-0.3, -0.25) is 0 Å². The molecule has 20 heavy (non-hydrogen) atoms. The molecular formula is C16H24O3S. The first kappa shape index (κ1) is 15.5. The van der Waals surface area contributed by atoms with Crippen LogP contribution < -0.4 is 0 Å². The van der Waals surface area contributed by atoms with Crippen molar-refractivity contribution in [3.8, 4) is 0 Å². The lowest BCUT2D eigenvalue weighted by atomic mass is 9.75. The maximum atomic E-state index is 11.7. The van der Waals surface area contributed by atoms with Gasteiger partial charge >= 0.3 is 0 Å². The molecule has 1 N–H and O–H groups in total. The Morgan fingerprint density at radius 3 is 2.50 bits per heavy atom. The van der Waals surface area contributed by atoms with Gasteiger partial charge in [0.15, 0.2) is 0 Å². The van der Waals surface area contributed by atoms with Gasteiger partial charge in [0.1, 0.15) is 9.84 Å². The van der Waals surface area contributed by atoms with Gasteiger partial charge in [-0.15, -0.1) is 0 Å². The summed E-state index contributed by atoms with van der Waals surface area (Å²) in [5.41, 5.74) is 0.254. The van der Waals surface area contributed by atoms with E-state index in [1.165, 1.54) is 6.26 Å². The highest BCUT2D eigenvalue weighted by Gasteiger charge is 2.38. The van der Waals surface area contributed by atoms with Crippen LogP contribution in [0.2, 0.25) is 0 Å². The van der Waals surface area contributed by atoms with Gasteiger partial charge in [0.05, 0.1) is 10.9 Å². The molecule has 1 aromatic rings. The van der Waals surface area contributed by atoms with Crippen LogP contribution in [0.1, 0.15) is 38.2 Å². The van der Waals surface area contributed by atoms with Crippen LogP contribution in [-0.4, -0.2) is 30.6 Å². The second kappa shape index (κ2) is 5.86. The number of aliphatic hydroxyl groups is 1. The summed E-state index contributed by atoms with van der Waals surface area (Å²) in [5, 5.41) is 10.5. The average molecular weight is 296 g/mol. The second-order valence-electron chi connectivity index (χ2n) is 6.33. The number of hydrogen-bond acceptors (Lipinski definition) is 3. The van der Waals surface area contributed by atoms with Crippen molar-refractivity contribution in [2.24, 2.45) is 5.92 Å². The molecule has 2 rings (SSSR count). The van der Waals surface area contributed by atoms with Gasteiger partial charge < -0.3 is 5.11 Å². The lowest BCUT2D eigenvalue weighted by Crippen LogP contribution is -2.42. The van der Waals surface area contributed by atoms with Crippen LogP contribution in [0.25, 0.3) is 0 Å². The van der Waals surface area contributed by atoms with E-state index < -0.39 is 15.4 Å². The van der Waals surface area contributed by atoms with Gasteiger partial charge in [-0.1, -0.05) is 36.8 Å². The van der Waals surface area contributed by atoms with Gasteiger partial charge in [0.2, 0.25) is 0 Å². The van der Waals surface area contributed by atoms with E-state index in [9.17, 15) is 13.5 Å². The van der Waals surface area contributed by atoms with Gasteiger partial charge in [-0.2, -0.15) is 0 Å². The van der Waals surface area contributed by atoms with E-state index in [0.29, 0.717) is 12.8 Å². The summed E-state index contributed by atoms with van der Waals surface area (Å²) in [4.78, 5) is 0. The molecule has 1 aliphatic rings. The first-order valence-corrected chi connectivity index (χ1v) is 9.19. The van der Waals surface area contributed by atoms with E-state index in [1.807, 2.05) is 37.3 Å². The van der Waals surface area contributed by atoms with Crippen molar-refractivity contribution >= 4 is 9.84 Å². The summed E-state index contributed by atoms with van der Waals surface area (Å²) < 4.78 is 23.5. The third kappa shape index (κ3) is 3.83. The molecule has 0 amide bonds. The fourth-order valence-electron chi connectivity index (χ4n) is 3.25. The van der Waals surface area contributed by atoms with Crippen LogP contribution in [0.15, 0.2) is 30.3 Å². The molecule has 0 aromatic heterocycles. The number of benzene rings is 1. The fraction of sp³-hybridized carbons (Fsp3) is 0.625. The summed E-state index contributed by atoms with van der Waals surface area (Å²) >= 11 is 0. The van der Waals surface area contributed by atoms with Crippen molar-refractivity contribution in [3.63, 3.8) is 0 Å². The Bertz CT molecular complexity index is 534. The molecular weight excluding hydrogens is 272 g/mol. The highest BCUT2D eigenvalue weighted by atomic mass is 32.2. The minimum Gasteiger partial charge on any atom is -0.390 e. The Kier molecular flexibility index (Phi) is 4.55. The summed E-state index contributed by atoms with van der Waals surface area (Å²) in [6, 6.07) is 9.90. The molecule has 0 heterocycles. The van der Waals surface area contributed by atoms with Gasteiger partial charge in [0.25, 0.3) is 0 Å². The molecule has 4 heteroatoms. The van der Waals surface area contributed by atoms with E-state index >= 15 is 0 Å². The van der Waals surface area contributed by atoms with E-state index in [0.717, 1.165) is 24.8 Å². The summed E-state index contributed by atoms with van der Waals surface area (Å²) in [5.74, 6) is 0.0520. The van der Waals surface area contributed by atoms with Crippen molar-refractivity contribution in [2.75, 3.05) is 6.26 Å². The zero-order chi connectivity index (χ0) is 14.8. The van der Waals surface area contributed by atoms with Crippen LogP contribution in [0.4, 0.5) is 0 Å². The minimum atomic E-state index is -3.00. The van der Waals surface area contributed by atoms with Crippen LogP contribution in [0.3, 0.4) is 0 Å². The van der Waals surface area contributed by atoms with Crippen molar-refractivity contribution in [1.82, 2.24) is 0 Å². The normalized spacial score (nSPS) is 26.9. The van der Waals surface area contributed by atoms with E-state index in [1.54, 1.807) is 0 Å². The third-order valence-corrected chi connectivity index (χ3v) is 6.16. The molecule has 3 atom stereocenters. The van der Waals surface area contributed by atoms with Crippen LogP contribution in [-0.2, 0) is 16.3 Å². The van der Waals surface area contributed by atoms with Crippen molar-refractivity contribution in [1.29, 1.82) is 0 Å². The molecule has 0 spiro atoms. The standard InChI is InChI=1S/C16H24O3S/c1-16(17,12-13-7-4-3-5-8-13)14-9-6-10-15(11-14)20(2,18)19/h3-5,7-8,14-15,17H,6,9-12H2,1-2H3. The summed E-state index contributed by atoms with van der Waals surface area (Å²) in [6.07, 6.45) is 5.00. The molecule has 1 saturated carbocycles. The average Bonchev–Trinajstić information content (AvgIpc) is 2.38. The largest absolute Gasteiger partial charge is 0.390 e. The maximum Gasteiger partial charge on any atom is 0.150 e. The van der Waals surface area contributed by atoms with Crippen LogP contribution >= 0.6 is 0 Å². The Labute approximate surface area is 121 Å². The summed E-state index contributed by atoms with van der Waals surface area (Å²) in [7, 11) is -3.00. The predicted molar refractivity (Wildman–Crippen MR) is 81.4 cm³/mol. The third-order valence-electron chi connectivity index (χ3n) is 4.52. The monoisotopic (exact) mass is 296 g/mol. The molecule has 1 aliphatic carbocycles. The highest BCUT2D eigenvalue weighted by Crippen LogP contribution is 2.37. The van der Waals surface area contributed by atoms with Gasteiger partial charge in [-0.25, -0.2) is 8.42 Å². The quantitative estimate of drug-likeness (QED) is 0.929. The van der Waals surface area contributed by atoms with E-state index in [4.69, 9.17) is 0 Å². The van der Waals surface area contributed by atoms with Crippen molar-refractivity contribution in [3.05, 3.63) is 35.9 Å². The topological polar surface area (TPSA) is 54.4 Å². The molecule has 112 valence electrons. The minimum absolute atomic E-state index is 0.0520. The van der Waals surface area contributed by atoms with Crippen LogP contribution in [0, 0.1) is 5.92 Å². The second-order valence-corrected chi connectivity index (χ2v) is 8.66. The molecule has 0 radical (unpaired) electrons. The van der Waals surface area contributed by atoms with E-state index in [2.05, 4.69) is 0 Å². The van der Waals surface area contributed by atoms with Gasteiger partial charge in [0, 0.05) is 12.7 Å². The Morgan fingerprint density at radius 1 is 1.25 bits per heavy atom. The molecule has 3 unspecified atom stereocenters. The predicted octanol–water partition coefficient (Wildman–Crippen LogP) is 2.58. The zero-order valence-corrected chi connectivity index (χ0v) is 13.1. The first-order chi connectivity index (χ1) is 9.29. The highest BCUT2D eigenvalue weighted by molar-refractivity contribution is 7.91. The fourth-order valence-corrected chi connectivity index (χ4v) is 4.43. The number of sulfone groups is 1. The van der Waals surface area contributed by atoms with Crippen LogP contribution in [0.5, 0.6) is 0 Å². The lowest BCUT2D eigenvalue weighted by Gasteiger charge is -2.38. The molecule has 0 bridgehead atoms. The maximum absolute atomic E-state index is 11.7. The zero-order valence-electron chi connectivity index (χ0n) is 12.2. The SMILES string of the molecule is CC(O)(Cc1ccccc1)C1CCCC(S(C)(=O)=O)C1. The lowest BCUT2D eigenvalue weighted by molar-refractivity contribution is -0.0152. The molecule has 3 nitrogen and oxygen atoms in total. The molecule has 0 aliphatic heterocycles. The molecule has 1 fully saturated rings. The Balaban J connectivity index is 2.09. The Hall–Kier alpha value is -0.870. The van der Waals surface area contributed by atoms with Crippen molar-refractivity contribution in [2.45, 2.75) is 49.9 Å². The van der Waals surface area contributed by atoms with Gasteiger partial charge in [-0.05, 0) is 37.7 Å².